The molecule has 1 amide bonds. The summed E-state index contributed by atoms with van der Waals surface area (Å²) >= 11 is 0. The van der Waals surface area contributed by atoms with Crippen LogP contribution in [0.1, 0.15) is 16.1 Å². The van der Waals surface area contributed by atoms with E-state index in [0.29, 0.717) is 11.4 Å². The second-order valence-electron chi connectivity index (χ2n) is 4.94. The number of carbonyl (C=O) groups is 1. The van der Waals surface area contributed by atoms with Crippen LogP contribution in [0.15, 0.2) is 54.7 Å². The Hall–Kier alpha value is -3.02. The molecule has 0 saturated carbocycles. The van der Waals surface area contributed by atoms with Gasteiger partial charge in [0.25, 0.3) is 5.91 Å². The minimum Gasteiger partial charge on any atom is -0.319 e. The number of rotatable bonds is 3. The predicted octanol–water partition coefficient (Wildman–Crippen LogP) is 3.71. The summed E-state index contributed by atoms with van der Waals surface area (Å²) in [6, 6.07) is 12.6. The van der Waals surface area contributed by atoms with Crippen molar-refractivity contribution in [3.8, 4) is 5.69 Å². The van der Waals surface area contributed by atoms with Gasteiger partial charge in [-0.05, 0) is 31.2 Å². The molecule has 0 aliphatic rings. The first kappa shape index (κ1) is 14.9. The van der Waals surface area contributed by atoms with Crippen molar-refractivity contribution >= 4 is 11.6 Å². The number of carbonyl (C=O) groups excluding carboxylic acids is 1. The predicted molar refractivity (Wildman–Crippen MR) is 82.6 cm³/mol. The quantitative estimate of drug-likeness (QED) is 0.801. The first-order valence-corrected chi connectivity index (χ1v) is 6.93. The zero-order valence-electron chi connectivity index (χ0n) is 12.3. The van der Waals surface area contributed by atoms with Gasteiger partial charge in [-0.2, -0.15) is 5.10 Å². The number of nitrogens with zero attached hydrogens (tertiary/aromatic N) is 2. The van der Waals surface area contributed by atoms with Crippen LogP contribution in [0.5, 0.6) is 0 Å². The zero-order valence-corrected chi connectivity index (χ0v) is 12.3. The standard InChI is InChI=1S/C17H13F2N3O/c1-11-15(10-20-22(11)12-6-3-2-4-7-12)21-17(23)16-13(18)8-5-9-14(16)19/h2-10H,1H3,(H,21,23). The van der Waals surface area contributed by atoms with Gasteiger partial charge in [-0.25, -0.2) is 13.5 Å². The van der Waals surface area contributed by atoms with Gasteiger partial charge in [0.15, 0.2) is 0 Å². The van der Waals surface area contributed by atoms with E-state index < -0.39 is 23.1 Å². The van der Waals surface area contributed by atoms with Crippen LogP contribution < -0.4 is 5.32 Å². The van der Waals surface area contributed by atoms with E-state index in [1.54, 1.807) is 11.6 Å². The fourth-order valence-electron chi connectivity index (χ4n) is 2.26. The lowest BCUT2D eigenvalue weighted by Crippen LogP contribution is -2.16. The summed E-state index contributed by atoms with van der Waals surface area (Å²) in [7, 11) is 0. The molecule has 0 unspecified atom stereocenters. The summed E-state index contributed by atoms with van der Waals surface area (Å²) in [6.45, 7) is 1.76. The largest absolute Gasteiger partial charge is 0.319 e. The summed E-state index contributed by atoms with van der Waals surface area (Å²) in [5, 5.41) is 6.69. The molecule has 3 rings (SSSR count). The number of nitrogens with one attached hydrogen (secondary N) is 1. The van der Waals surface area contributed by atoms with Crippen LogP contribution in [-0.4, -0.2) is 15.7 Å². The van der Waals surface area contributed by atoms with Crippen molar-refractivity contribution in [2.24, 2.45) is 0 Å². The molecule has 2 aromatic carbocycles. The number of hydrogen-bond donors (Lipinski definition) is 1. The van der Waals surface area contributed by atoms with Crippen molar-refractivity contribution in [1.29, 1.82) is 0 Å². The third-order valence-corrected chi connectivity index (χ3v) is 3.45. The van der Waals surface area contributed by atoms with E-state index in [-0.39, 0.29) is 0 Å². The summed E-state index contributed by atoms with van der Waals surface area (Å²) in [4.78, 5) is 12.1. The van der Waals surface area contributed by atoms with Gasteiger partial charge in [-0.3, -0.25) is 4.79 Å². The molecular formula is C17H13F2N3O. The normalized spacial score (nSPS) is 10.6. The lowest BCUT2D eigenvalue weighted by atomic mass is 10.2. The van der Waals surface area contributed by atoms with Crippen molar-refractivity contribution < 1.29 is 13.6 Å². The van der Waals surface area contributed by atoms with E-state index in [2.05, 4.69) is 10.4 Å². The molecule has 0 atom stereocenters. The molecule has 1 N–H and O–H groups in total. The average Bonchev–Trinajstić information content (AvgIpc) is 2.89. The van der Waals surface area contributed by atoms with Crippen LogP contribution in [0.25, 0.3) is 5.69 Å². The molecule has 0 fully saturated rings. The molecule has 1 aromatic heterocycles. The number of aromatic nitrogens is 2. The van der Waals surface area contributed by atoms with Crippen molar-refractivity contribution in [2.45, 2.75) is 6.92 Å². The van der Waals surface area contributed by atoms with Crippen molar-refractivity contribution in [2.75, 3.05) is 5.32 Å². The lowest BCUT2D eigenvalue weighted by Gasteiger charge is -2.08. The number of halogens is 2. The minimum atomic E-state index is -0.907. The molecule has 23 heavy (non-hydrogen) atoms. The maximum absolute atomic E-state index is 13.7. The van der Waals surface area contributed by atoms with E-state index in [0.717, 1.165) is 17.8 Å². The molecule has 3 aromatic rings. The third-order valence-electron chi connectivity index (χ3n) is 3.45. The fourth-order valence-corrected chi connectivity index (χ4v) is 2.26. The second kappa shape index (κ2) is 6.00. The van der Waals surface area contributed by atoms with Crippen molar-refractivity contribution in [3.05, 3.63) is 77.6 Å². The van der Waals surface area contributed by atoms with Gasteiger partial charge >= 0.3 is 0 Å². The molecule has 4 nitrogen and oxygen atoms in total. The van der Waals surface area contributed by atoms with Crippen molar-refractivity contribution in [1.82, 2.24) is 9.78 Å². The Morgan fingerprint density at radius 2 is 1.70 bits per heavy atom. The van der Waals surface area contributed by atoms with Crippen LogP contribution in [-0.2, 0) is 0 Å². The SMILES string of the molecule is Cc1c(NC(=O)c2c(F)cccc2F)cnn1-c1ccccc1. The van der Waals surface area contributed by atoms with Gasteiger partial charge < -0.3 is 5.32 Å². The molecule has 6 heteroatoms. The Kier molecular flexibility index (Phi) is 3.89. The average molecular weight is 313 g/mol. The smallest absolute Gasteiger partial charge is 0.261 e. The summed E-state index contributed by atoms with van der Waals surface area (Å²) in [5.74, 6) is -2.66. The molecule has 0 saturated heterocycles. The Morgan fingerprint density at radius 3 is 2.35 bits per heavy atom. The molecular weight excluding hydrogens is 300 g/mol. The monoisotopic (exact) mass is 313 g/mol. The molecule has 1 heterocycles. The topological polar surface area (TPSA) is 46.9 Å². The van der Waals surface area contributed by atoms with Crippen LogP contribution in [0, 0.1) is 18.6 Å². The molecule has 0 aliphatic heterocycles. The van der Waals surface area contributed by atoms with Gasteiger partial charge in [0.1, 0.15) is 17.2 Å². The van der Waals surface area contributed by atoms with E-state index in [4.69, 9.17) is 0 Å². The maximum atomic E-state index is 13.7. The summed E-state index contributed by atoms with van der Waals surface area (Å²) in [6.07, 6.45) is 1.44. The Bertz CT molecular complexity index is 839. The van der Waals surface area contributed by atoms with E-state index in [9.17, 15) is 13.6 Å². The Balaban J connectivity index is 1.90. The molecule has 0 aliphatic carbocycles. The maximum Gasteiger partial charge on any atom is 0.261 e. The number of benzene rings is 2. The summed E-state index contributed by atoms with van der Waals surface area (Å²) < 4.78 is 28.9. The summed E-state index contributed by atoms with van der Waals surface area (Å²) in [5.41, 5.74) is 1.25. The van der Waals surface area contributed by atoms with Gasteiger partial charge in [0, 0.05) is 0 Å². The van der Waals surface area contributed by atoms with Gasteiger partial charge in [0.2, 0.25) is 0 Å². The molecule has 0 bridgehead atoms. The Labute approximate surface area is 131 Å². The highest BCUT2D eigenvalue weighted by atomic mass is 19.1. The molecule has 0 spiro atoms. The third kappa shape index (κ3) is 2.83. The first-order valence-electron chi connectivity index (χ1n) is 6.93. The van der Waals surface area contributed by atoms with Gasteiger partial charge in [-0.1, -0.05) is 24.3 Å². The molecule has 0 radical (unpaired) electrons. The molecule has 116 valence electrons. The number of anilines is 1. The number of hydrogen-bond acceptors (Lipinski definition) is 2. The van der Waals surface area contributed by atoms with Crippen LogP contribution in [0.2, 0.25) is 0 Å². The van der Waals surface area contributed by atoms with Crippen LogP contribution in [0.4, 0.5) is 14.5 Å². The highest BCUT2D eigenvalue weighted by Crippen LogP contribution is 2.20. The van der Waals surface area contributed by atoms with Crippen LogP contribution in [0.3, 0.4) is 0 Å². The highest BCUT2D eigenvalue weighted by molar-refractivity contribution is 6.04. The highest BCUT2D eigenvalue weighted by Gasteiger charge is 2.19. The second-order valence-corrected chi connectivity index (χ2v) is 4.94. The van der Waals surface area contributed by atoms with E-state index in [1.807, 2.05) is 30.3 Å². The van der Waals surface area contributed by atoms with E-state index >= 15 is 0 Å². The fraction of sp³-hybridized carbons (Fsp3) is 0.0588. The van der Waals surface area contributed by atoms with Crippen LogP contribution >= 0.6 is 0 Å². The zero-order chi connectivity index (χ0) is 16.4. The lowest BCUT2D eigenvalue weighted by molar-refractivity contribution is 0.101. The van der Waals surface area contributed by atoms with Gasteiger partial charge in [-0.15, -0.1) is 0 Å². The Morgan fingerprint density at radius 1 is 1.04 bits per heavy atom. The van der Waals surface area contributed by atoms with E-state index in [1.165, 1.54) is 12.3 Å². The minimum absolute atomic E-state index is 0.390. The van der Waals surface area contributed by atoms with Crippen molar-refractivity contribution in [3.63, 3.8) is 0 Å². The first-order chi connectivity index (χ1) is 11.1. The van der Waals surface area contributed by atoms with Gasteiger partial charge in [0.05, 0.1) is 23.3 Å². The number of para-hydroxylation sites is 1. The number of amides is 1.